The van der Waals surface area contributed by atoms with Gasteiger partial charge in [0.05, 0.1) is 16.6 Å². The molecular weight excluding hydrogens is 982 g/mol. The van der Waals surface area contributed by atoms with Crippen LogP contribution in [0.5, 0.6) is 0 Å². The van der Waals surface area contributed by atoms with Gasteiger partial charge in [0.2, 0.25) is 0 Å². The summed E-state index contributed by atoms with van der Waals surface area (Å²) in [6, 6.07) is 82.3. The summed E-state index contributed by atoms with van der Waals surface area (Å²) in [4.78, 5) is 9.96. The number of hydrogen-bond acceptors (Lipinski definition) is 3. The molecular formula is C62H44N3Pt-3. The Morgan fingerprint density at radius 3 is 1.18 bits per heavy atom. The fraction of sp³-hybridized carbons (Fsp3) is 0.0968. The van der Waals surface area contributed by atoms with Gasteiger partial charge in [-0.2, -0.15) is 55.2 Å². The molecule has 0 spiro atoms. The summed E-state index contributed by atoms with van der Waals surface area (Å²) in [5.74, 6) is 0. The monoisotopic (exact) mass is 1030 g/mol. The van der Waals surface area contributed by atoms with Crippen molar-refractivity contribution in [3.05, 3.63) is 298 Å². The van der Waals surface area contributed by atoms with Crippen molar-refractivity contribution in [1.29, 1.82) is 0 Å². The van der Waals surface area contributed by atoms with Crippen LogP contribution in [0.4, 0.5) is 0 Å². The van der Waals surface area contributed by atoms with Crippen LogP contribution in [0.15, 0.2) is 218 Å². The van der Waals surface area contributed by atoms with Crippen molar-refractivity contribution in [2.24, 2.45) is 0 Å². The van der Waals surface area contributed by atoms with E-state index in [1.807, 2.05) is 12.3 Å². The molecule has 4 heteroatoms. The number of hydrogen-bond donors (Lipinski definition) is 0. The molecule has 1 aliphatic heterocycles. The zero-order valence-electron chi connectivity index (χ0n) is 36.9. The first-order valence-corrected chi connectivity index (χ1v) is 22.6. The molecule has 8 aromatic carbocycles. The maximum Gasteiger partial charge on any atom is 0.0688 e. The Morgan fingerprint density at radius 1 is 0.394 bits per heavy atom. The second-order valence-electron chi connectivity index (χ2n) is 17.9. The van der Waals surface area contributed by atoms with E-state index in [4.69, 9.17) is 4.98 Å². The van der Waals surface area contributed by atoms with Crippen LogP contribution in [0.2, 0.25) is 0 Å². The quantitative estimate of drug-likeness (QED) is 0.155. The fourth-order valence-corrected chi connectivity index (χ4v) is 12.3. The molecule has 320 valence electrons. The van der Waals surface area contributed by atoms with Crippen LogP contribution >= 0.6 is 0 Å². The minimum atomic E-state index is -0.784. The van der Waals surface area contributed by atoms with Crippen LogP contribution in [0.25, 0.3) is 33.4 Å². The van der Waals surface area contributed by atoms with Crippen molar-refractivity contribution in [1.82, 2.24) is 14.8 Å². The van der Waals surface area contributed by atoms with Gasteiger partial charge in [0.1, 0.15) is 0 Å². The Balaban J connectivity index is 0.00000456. The second kappa shape index (κ2) is 15.0. The van der Waals surface area contributed by atoms with E-state index < -0.39 is 16.4 Å². The molecule has 0 saturated carbocycles. The molecule has 66 heavy (non-hydrogen) atoms. The van der Waals surface area contributed by atoms with Crippen molar-refractivity contribution in [2.45, 2.75) is 30.2 Å². The minimum absolute atomic E-state index is 0. The number of pyridine rings is 1. The van der Waals surface area contributed by atoms with E-state index in [0.717, 1.165) is 27.9 Å². The molecule has 0 fully saturated rings. The van der Waals surface area contributed by atoms with Crippen molar-refractivity contribution in [2.75, 3.05) is 7.05 Å². The summed E-state index contributed by atoms with van der Waals surface area (Å²) < 4.78 is 0. The van der Waals surface area contributed by atoms with Crippen molar-refractivity contribution in [3.63, 3.8) is 0 Å². The average molecular weight is 1030 g/mol. The SMILES string of the molecule is CC1=C(C)N(C2(c3[c-]c(C4(c5[c-]c(C6(c7ccccn7)c7ccccc7-c7ccccc76)ccc5)c5ccccc5-c5ccccc54)ccc3)c3ccccc3-c3ccccc32)[CH-]N1C.[Pt]. The maximum absolute atomic E-state index is 5.20. The van der Waals surface area contributed by atoms with Crippen LogP contribution in [0.1, 0.15) is 75.2 Å². The summed E-state index contributed by atoms with van der Waals surface area (Å²) in [5, 5.41) is 0. The molecule has 3 aliphatic carbocycles. The van der Waals surface area contributed by atoms with Gasteiger partial charge in [-0.15, -0.1) is 22.3 Å². The summed E-state index contributed by atoms with van der Waals surface area (Å²) in [6.45, 7) is 6.76. The minimum Gasteiger partial charge on any atom is -0.508 e. The van der Waals surface area contributed by atoms with Gasteiger partial charge in [0.25, 0.3) is 0 Å². The van der Waals surface area contributed by atoms with Gasteiger partial charge in [0.15, 0.2) is 0 Å². The van der Waals surface area contributed by atoms with Gasteiger partial charge in [-0.05, 0) is 111 Å². The third-order valence-corrected chi connectivity index (χ3v) is 15.1. The van der Waals surface area contributed by atoms with E-state index in [2.05, 4.69) is 244 Å². The first kappa shape index (κ1) is 40.4. The number of allylic oxidation sites excluding steroid dienone is 2. The maximum atomic E-state index is 5.20. The third kappa shape index (κ3) is 5.10. The van der Waals surface area contributed by atoms with Crippen molar-refractivity contribution < 1.29 is 21.1 Å². The molecule has 0 unspecified atom stereocenters. The van der Waals surface area contributed by atoms with E-state index in [1.165, 1.54) is 78.2 Å². The molecule has 0 radical (unpaired) electrons. The molecule has 0 bridgehead atoms. The zero-order chi connectivity index (χ0) is 43.5. The van der Waals surface area contributed by atoms with Gasteiger partial charge in [-0.1, -0.05) is 152 Å². The number of aromatic nitrogens is 1. The molecule has 0 amide bonds. The van der Waals surface area contributed by atoms with Crippen molar-refractivity contribution >= 4 is 0 Å². The summed E-state index contributed by atoms with van der Waals surface area (Å²) in [5.41, 5.74) is 20.3. The normalized spacial score (nSPS) is 16.2. The standard InChI is InChI=1S/C62H44N3.Pt/c1-41-42(2)65(40-64(41)3)62(57-34-14-8-28-51(57)52-29-9-15-35-58(52)62)46-23-19-21-44(39-46)60(53-30-10-4-24-47(53)48-25-5-11-31-54(48)60)43-20-18-22-45(38-43)61(59-36-16-17-37-63-59)55-32-12-6-26-49(55)50-27-7-13-33-56(50)61;/h4-37,40H,1-3H3;/q-3;. The first-order valence-electron chi connectivity index (χ1n) is 22.6. The smallest absolute Gasteiger partial charge is 0.0688 e. The largest absolute Gasteiger partial charge is 0.508 e. The average Bonchev–Trinajstić information content (AvgIpc) is 4.04. The van der Waals surface area contributed by atoms with Gasteiger partial charge < -0.3 is 9.80 Å². The molecule has 4 aliphatic rings. The number of rotatable bonds is 6. The molecule has 3 nitrogen and oxygen atoms in total. The Hall–Kier alpha value is -7.06. The summed E-state index contributed by atoms with van der Waals surface area (Å²) >= 11 is 0. The van der Waals surface area contributed by atoms with Gasteiger partial charge in [-0.3, -0.25) is 4.98 Å². The molecule has 0 saturated heterocycles. The Kier molecular flexibility index (Phi) is 9.19. The molecule has 9 aromatic rings. The summed E-state index contributed by atoms with van der Waals surface area (Å²) in [7, 11) is 2.16. The Morgan fingerprint density at radius 2 is 0.758 bits per heavy atom. The topological polar surface area (TPSA) is 19.4 Å². The van der Waals surface area contributed by atoms with E-state index >= 15 is 0 Å². The van der Waals surface area contributed by atoms with Crippen LogP contribution in [-0.2, 0) is 37.4 Å². The van der Waals surface area contributed by atoms with E-state index in [9.17, 15) is 0 Å². The predicted octanol–water partition coefficient (Wildman–Crippen LogP) is 13.3. The molecule has 13 rings (SSSR count). The Labute approximate surface area is 402 Å². The van der Waals surface area contributed by atoms with Crippen molar-refractivity contribution in [3.8, 4) is 33.4 Å². The van der Waals surface area contributed by atoms with Crippen LogP contribution in [0, 0.1) is 18.8 Å². The van der Waals surface area contributed by atoms with Crippen LogP contribution in [0.3, 0.4) is 0 Å². The van der Waals surface area contributed by atoms with E-state index in [1.54, 1.807) is 0 Å². The predicted molar refractivity (Wildman–Crippen MR) is 261 cm³/mol. The Bertz CT molecular complexity index is 3300. The number of benzene rings is 8. The second-order valence-corrected chi connectivity index (χ2v) is 17.9. The first-order chi connectivity index (χ1) is 32.0. The van der Waals surface area contributed by atoms with Crippen LogP contribution < -0.4 is 0 Å². The molecule has 1 aromatic heterocycles. The van der Waals surface area contributed by atoms with Gasteiger partial charge in [-0.25, -0.2) is 0 Å². The molecule has 0 atom stereocenters. The third-order valence-electron chi connectivity index (χ3n) is 15.1. The number of nitrogens with zero attached hydrogens (tertiary/aromatic N) is 3. The zero-order valence-corrected chi connectivity index (χ0v) is 39.1. The number of fused-ring (bicyclic) bond motifs is 9. The van der Waals surface area contributed by atoms with E-state index in [0.29, 0.717) is 0 Å². The fourth-order valence-electron chi connectivity index (χ4n) is 12.3. The van der Waals surface area contributed by atoms with Crippen LogP contribution in [-0.4, -0.2) is 21.8 Å². The van der Waals surface area contributed by atoms with Gasteiger partial charge in [0, 0.05) is 32.7 Å². The molecule has 0 N–H and O–H groups in total. The summed E-state index contributed by atoms with van der Waals surface area (Å²) in [6.07, 6.45) is 1.93. The molecule has 2 heterocycles. The van der Waals surface area contributed by atoms with Gasteiger partial charge >= 0.3 is 0 Å². The van der Waals surface area contributed by atoms with E-state index in [-0.39, 0.29) is 21.1 Å².